The van der Waals surface area contributed by atoms with Gasteiger partial charge in [0, 0.05) is 19.6 Å². The highest BCUT2D eigenvalue weighted by molar-refractivity contribution is 4.98. The molecule has 3 saturated heterocycles. The summed E-state index contributed by atoms with van der Waals surface area (Å²) in [5.41, 5.74) is 0.719. The van der Waals surface area contributed by atoms with E-state index in [9.17, 15) is 0 Å². The minimum absolute atomic E-state index is 0.719. The Kier molecular flexibility index (Phi) is 6.51. The third kappa shape index (κ3) is 4.43. The van der Waals surface area contributed by atoms with Crippen LogP contribution in [0.15, 0.2) is 0 Å². The van der Waals surface area contributed by atoms with E-state index < -0.39 is 0 Å². The third-order valence-electron chi connectivity index (χ3n) is 5.84. The van der Waals surface area contributed by atoms with Crippen LogP contribution in [0.25, 0.3) is 0 Å². The average molecular weight is 296 g/mol. The summed E-state index contributed by atoms with van der Waals surface area (Å²) in [6.07, 6.45) is 5.74. The first-order chi connectivity index (χ1) is 10.2. The maximum absolute atomic E-state index is 2.75. The lowest BCUT2D eigenvalue weighted by molar-refractivity contribution is -0.0531. The Morgan fingerprint density at radius 3 is 2.00 bits per heavy atom. The molecule has 3 heteroatoms. The molecule has 0 aliphatic carbocycles. The Labute approximate surface area is 132 Å². The number of rotatable bonds is 3. The molecule has 0 amide bonds. The molecular weight excluding hydrogens is 258 g/mol. The molecule has 0 atom stereocenters. The molecule has 0 aromatic heterocycles. The molecule has 0 unspecified atom stereocenters. The summed E-state index contributed by atoms with van der Waals surface area (Å²) in [7, 11) is 2.27. The molecule has 0 aromatic carbocycles. The summed E-state index contributed by atoms with van der Waals surface area (Å²) < 4.78 is 0. The van der Waals surface area contributed by atoms with Crippen molar-refractivity contribution in [2.24, 2.45) is 11.3 Å². The van der Waals surface area contributed by atoms with Crippen molar-refractivity contribution < 1.29 is 0 Å². The monoisotopic (exact) mass is 295 g/mol. The maximum Gasteiger partial charge on any atom is 0.00516 e. The van der Waals surface area contributed by atoms with Gasteiger partial charge in [-0.2, -0.15) is 0 Å². The zero-order valence-corrected chi connectivity index (χ0v) is 14.9. The van der Waals surface area contributed by atoms with Crippen LogP contribution in [0.3, 0.4) is 0 Å². The molecule has 3 rings (SSSR count). The number of piperidine rings is 2. The van der Waals surface area contributed by atoms with Gasteiger partial charge >= 0.3 is 0 Å². The van der Waals surface area contributed by atoms with Crippen molar-refractivity contribution in [3.63, 3.8) is 0 Å². The van der Waals surface area contributed by atoms with Crippen molar-refractivity contribution >= 4 is 0 Å². The Morgan fingerprint density at radius 1 is 0.905 bits per heavy atom. The van der Waals surface area contributed by atoms with Gasteiger partial charge in [-0.15, -0.1) is 0 Å². The van der Waals surface area contributed by atoms with Crippen LogP contribution in [-0.4, -0.2) is 74.1 Å². The lowest BCUT2D eigenvalue weighted by Crippen LogP contribution is -2.61. The molecule has 1 spiro atoms. The molecule has 0 aromatic rings. The fraction of sp³-hybridized carbons (Fsp3) is 1.00. The standard InChI is InChI=1S/C16H31N3.C2H6/c1-3-18-8-4-15(5-9-18)12-19-13-16(14-19)6-10-17(2)11-7-16;1-2/h15H,3-14H2,1-2H3;1-2H3. The summed E-state index contributed by atoms with van der Waals surface area (Å²) in [6.45, 7) is 17.0. The summed E-state index contributed by atoms with van der Waals surface area (Å²) in [5.74, 6) is 0.978. The van der Waals surface area contributed by atoms with Crippen LogP contribution in [0, 0.1) is 11.3 Å². The van der Waals surface area contributed by atoms with Gasteiger partial charge in [0.05, 0.1) is 0 Å². The summed E-state index contributed by atoms with van der Waals surface area (Å²) in [4.78, 5) is 7.84. The highest BCUT2D eigenvalue weighted by Crippen LogP contribution is 2.40. The van der Waals surface area contributed by atoms with Gasteiger partial charge < -0.3 is 14.7 Å². The molecule has 3 nitrogen and oxygen atoms in total. The van der Waals surface area contributed by atoms with Crippen molar-refractivity contribution in [3.05, 3.63) is 0 Å². The third-order valence-corrected chi connectivity index (χ3v) is 5.84. The van der Waals surface area contributed by atoms with Crippen LogP contribution >= 0.6 is 0 Å². The van der Waals surface area contributed by atoms with Gasteiger partial charge in [0.25, 0.3) is 0 Å². The van der Waals surface area contributed by atoms with E-state index in [4.69, 9.17) is 0 Å². The second-order valence-corrected chi connectivity index (χ2v) is 7.35. The minimum atomic E-state index is 0.719. The van der Waals surface area contributed by atoms with E-state index in [1.54, 1.807) is 0 Å². The topological polar surface area (TPSA) is 9.72 Å². The minimum Gasteiger partial charge on any atom is -0.306 e. The van der Waals surface area contributed by atoms with Gasteiger partial charge in [-0.3, -0.25) is 0 Å². The zero-order valence-electron chi connectivity index (χ0n) is 14.9. The largest absolute Gasteiger partial charge is 0.306 e. The lowest BCUT2D eigenvalue weighted by Gasteiger charge is -2.55. The fourth-order valence-electron chi connectivity index (χ4n) is 4.29. The quantitative estimate of drug-likeness (QED) is 0.793. The Hall–Kier alpha value is -0.120. The number of nitrogens with zero attached hydrogens (tertiary/aromatic N) is 3. The highest BCUT2D eigenvalue weighted by Gasteiger charge is 2.44. The van der Waals surface area contributed by atoms with E-state index in [0.717, 1.165) is 11.3 Å². The second kappa shape index (κ2) is 7.94. The van der Waals surface area contributed by atoms with E-state index in [-0.39, 0.29) is 0 Å². The number of likely N-dealkylation sites (tertiary alicyclic amines) is 3. The van der Waals surface area contributed by atoms with Crippen LogP contribution in [0.5, 0.6) is 0 Å². The molecular formula is C18H37N3. The molecule has 0 N–H and O–H groups in total. The van der Waals surface area contributed by atoms with E-state index >= 15 is 0 Å². The SMILES string of the molecule is CC.CCN1CCC(CN2CC3(CCN(C)CC3)C2)CC1. The van der Waals surface area contributed by atoms with Gasteiger partial charge in [0.1, 0.15) is 0 Å². The summed E-state index contributed by atoms with van der Waals surface area (Å²) in [6, 6.07) is 0. The van der Waals surface area contributed by atoms with Crippen molar-refractivity contribution in [2.75, 3.05) is 59.4 Å². The second-order valence-electron chi connectivity index (χ2n) is 7.35. The molecule has 124 valence electrons. The lowest BCUT2D eigenvalue weighted by atomic mass is 9.71. The van der Waals surface area contributed by atoms with Crippen LogP contribution < -0.4 is 0 Å². The van der Waals surface area contributed by atoms with Crippen LogP contribution in [0.1, 0.15) is 46.5 Å². The van der Waals surface area contributed by atoms with Crippen molar-refractivity contribution in [2.45, 2.75) is 46.5 Å². The molecule has 0 radical (unpaired) electrons. The van der Waals surface area contributed by atoms with Gasteiger partial charge in [-0.05, 0) is 76.8 Å². The van der Waals surface area contributed by atoms with Gasteiger partial charge in [-0.1, -0.05) is 20.8 Å². The predicted molar refractivity (Wildman–Crippen MR) is 91.8 cm³/mol. The number of hydrogen-bond donors (Lipinski definition) is 0. The maximum atomic E-state index is 2.75. The van der Waals surface area contributed by atoms with Crippen molar-refractivity contribution in [1.29, 1.82) is 0 Å². The van der Waals surface area contributed by atoms with Crippen molar-refractivity contribution in [1.82, 2.24) is 14.7 Å². The normalized spacial score (nSPS) is 28.0. The van der Waals surface area contributed by atoms with Crippen LogP contribution in [-0.2, 0) is 0 Å². The first-order valence-electron chi connectivity index (χ1n) is 9.32. The highest BCUT2D eigenvalue weighted by atomic mass is 15.2. The molecule has 3 heterocycles. The predicted octanol–water partition coefficient (Wildman–Crippen LogP) is 2.77. The molecule has 0 saturated carbocycles. The van der Waals surface area contributed by atoms with Gasteiger partial charge in [0.15, 0.2) is 0 Å². The van der Waals surface area contributed by atoms with E-state index in [1.807, 2.05) is 13.8 Å². The average Bonchev–Trinajstić information content (AvgIpc) is 2.51. The first kappa shape index (κ1) is 17.2. The van der Waals surface area contributed by atoms with E-state index in [2.05, 4.69) is 28.7 Å². The van der Waals surface area contributed by atoms with Gasteiger partial charge in [0.2, 0.25) is 0 Å². The summed E-state index contributed by atoms with van der Waals surface area (Å²) in [5, 5.41) is 0. The van der Waals surface area contributed by atoms with Gasteiger partial charge in [-0.25, -0.2) is 0 Å². The molecule has 21 heavy (non-hydrogen) atoms. The zero-order chi connectivity index (χ0) is 15.3. The smallest absolute Gasteiger partial charge is 0.00516 e. The van der Waals surface area contributed by atoms with Crippen LogP contribution in [0.2, 0.25) is 0 Å². The Bertz CT molecular complexity index is 281. The Balaban J connectivity index is 0.000000774. The molecule has 3 aliphatic heterocycles. The summed E-state index contributed by atoms with van der Waals surface area (Å²) >= 11 is 0. The fourth-order valence-corrected chi connectivity index (χ4v) is 4.29. The Morgan fingerprint density at radius 2 is 1.48 bits per heavy atom. The molecule has 3 aliphatic rings. The first-order valence-corrected chi connectivity index (χ1v) is 9.32. The molecule has 3 fully saturated rings. The molecule has 0 bridgehead atoms. The van der Waals surface area contributed by atoms with E-state index in [0.29, 0.717) is 0 Å². The number of hydrogen-bond acceptors (Lipinski definition) is 3. The van der Waals surface area contributed by atoms with Crippen LogP contribution in [0.4, 0.5) is 0 Å². The van der Waals surface area contributed by atoms with E-state index in [1.165, 1.54) is 78.0 Å². The van der Waals surface area contributed by atoms with Crippen molar-refractivity contribution in [3.8, 4) is 0 Å².